The molecule has 2 rings (SSSR count). The summed E-state index contributed by atoms with van der Waals surface area (Å²) in [5.74, 6) is 0. The molecule has 0 aliphatic rings. The maximum atomic E-state index is 4.09. The van der Waals surface area contributed by atoms with Gasteiger partial charge in [-0.2, -0.15) is 5.10 Å². The predicted molar refractivity (Wildman–Crippen MR) is 46.6 cm³/mol. The Bertz CT molecular complexity index is 365. The van der Waals surface area contributed by atoms with Crippen LogP contribution >= 0.6 is 0 Å². The van der Waals surface area contributed by atoms with Crippen molar-refractivity contribution in [1.82, 2.24) is 15.2 Å². The van der Waals surface area contributed by atoms with Crippen molar-refractivity contribution >= 4 is 0 Å². The Morgan fingerprint density at radius 3 is 2.92 bits per heavy atom. The number of hydrogen-bond donors (Lipinski definition) is 1. The van der Waals surface area contributed by atoms with Crippen molar-refractivity contribution in [3.63, 3.8) is 0 Å². The fourth-order valence-corrected chi connectivity index (χ4v) is 1.17. The molecule has 0 spiro atoms. The minimum absolute atomic E-state index is 0.968. The van der Waals surface area contributed by atoms with Crippen LogP contribution in [0.5, 0.6) is 0 Å². The zero-order chi connectivity index (χ0) is 8.39. The van der Waals surface area contributed by atoms with Gasteiger partial charge in [-0.05, 0) is 24.6 Å². The van der Waals surface area contributed by atoms with Crippen LogP contribution in [0.1, 0.15) is 5.56 Å². The van der Waals surface area contributed by atoms with Crippen LogP contribution in [0.4, 0.5) is 0 Å². The quantitative estimate of drug-likeness (QED) is 0.689. The average molecular weight is 159 g/mol. The molecule has 0 unspecified atom stereocenters. The molecule has 0 bridgehead atoms. The van der Waals surface area contributed by atoms with E-state index < -0.39 is 0 Å². The third-order valence-electron chi connectivity index (χ3n) is 1.80. The Labute approximate surface area is 70.5 Å². The van der Waals surface area contributed by atoms with Crippen molar-refractivity contribution in [1.29, 1.82) is 0 Å². The van der Waals surface area contributed by atoms with Crippen molar-refractivity contribution in [2.45, 2.75) is 6.92 Å². The Morgan fingerprint density at radius 1 is 1.33 bits per heavy atom. The fraction of sp³-hybridized carbons (Fsp3) is 0.111. The molecular formula is C9H9N3. The molecule has 0 radical (unpaired) electrons. The van der Waals surface area contributed by atoms with Crippen LogP contribution in [-0.2, 0) is 0 Å². The van der Waals surface area contributed by atoms with E-state index in [0.29, 0.717) is 0 Å². The Hall–Kier alpha value is -1.64. The van der Waals surface area contributed by atoms with Crippen LogP contribution in [0, 0.1) is 6.92 Å². The molecular weight excluding hydrogens is 150 g/mol. The molecule has 2 heterocycles. The largest absolute Gasteiger partial charge is 0.285 e. The lowest BCUT2D eigenvalue weighted by molar-refractivity contribution is 1.09. The van der Waals surface area contributed by atoms with E-state index in [9.17, 15) is 0 Å². The predicted octanol–water partition coefficient (Wildman–Crippen LogP) is 1.78. The standard InChI is InChI=1S/C9H9N3/c1-7-6-10-4-2-8(7)9-3-5-11-12-9/h2-6H,1H3,(H,11,12). The van der Waals surface area contributed by atoms with Crippen LogP contribution in [0.25, 0.3) is 11.3 Å². The topological polar surface area (TPSA) is 41.6 Å². The van der Waals surface area contributed by atoms with Gasteiger partial charge in [0.05, 0.1) is 5.69 Å². The monoisotopic (exact) mass is 159 g/mol. The SMILES string of the molecule is Cc1cnccc1-c1cc[nH]n1. The summed E-state index contributed by atoms with van der Waals surface area (Å²) in [6.07, 6.45) is 5.43. The lowest BCUT2D eigenvalue weighted by Gasteiger charge is -1.98. The van der Waals surface area contributed by atoms with Gasteiger partial charge in [-0.3, -0.25) is 10.1 Å². The van der Waals surface area contributed by atoms with Gasteiger partial charge in [-0.15, -0.1) is 0 Å². The zero-order valence-electron chi connectivity index (χ0n) is 6.78. The Balaban J connectivity index is 2.55. The summed E-state index contributed by atoms with van der Waals surface area (Å²) in [6.45, 7) is 2.02. The number of nitrogens with zero attached hydrogens (tertiary/aromatic N) is 2. The van der Waals surface area contributed by atoms with Crippen LogP contribution in [0.3, 0.4) is 0 Å². The van der Waals surface area contributed by atoms with Gasteiger partial charge in [0.1, 0.15) is 0 Å². The average Bonchev–Trinajstić information content (AvgIpc) is 2.57. The van der Waals surface area contributed by atoms with Gasteiger partial charge in [-0.25, -0.2) is 0 Å². The normalized spacial score (nSPS) is 10.1. The molecule has 0 aromatic carbocycles. The van der Waals surface area contributed by atoms with Crippen LogP contribution in [0.15, 0.2) is 30.7 Å². The molecule has 0 saturated heterocycles. The summed E-state index contributed by atoms with van der Waals surface area (Å²) in [5, 5.41) is 6.88. The molecule has 2 aromatic rings. The van der Waals surface area contributed by atoms with Crippen molar-refractivity contribution in [2.24, 2.45) is 0 Å². The Morgan fingerprint density at radius 2 is 2.25 bits per heavy atom. The van der Waals surface area contributed by atoms with Crippen molar-refractivity contribution < 1.29 is 0 Å². The van der Waals surface area contributed by atoms with Gasteiger partial charge in [0.2, 0.25) is 0 Å². The number of aryl methyl sites for hydroxylation is 1. The first-order valence-electron chi connectivity index (χ1n) is 3.78. The van der Waals surface area contributed by atoms with E-state index in [2.05, 4.69) is 15.2 Å². The number of pyridine rings is 1. The number of hydrogen-bond acceptors (Lipinski definition) is 2. The van der Waals surface area contributed by atoms with E-state index in [1.807, 2.05) is 31.5 Å². The van der Waals surface area contributed by atoms with E-state index in [1.165, 1.54) is 0 Å². The molecule has 0 saturated carbocycles. The maximum Gasteiger partial charge on any atom is 0.0924 e. The van der Waals surface area contributed by atoms with Crippen LogP contribution in [-0.4, -0.2) is 15.2 Å². The number of aromatic nitrogens is 3. The van der Waals surface area contributed by atoms with E-state index >= 15 is 0 Å². The molecule has 1 N–H and O–H groups in total. The van der Waals surface area contributed by atoms with E-state index in [4.69, 9.17) is 0 Å². The summed E-state index contributed by atoms with van der Waals surface area (Å²) in [4.78, 5) is 4.02. The number of rotatable bonds is 1. The summed E-state index contributed by atoms with van der Waals surface area (Å²) >= 11 is 0. The van der Waals surface area contributed by atoms with Gasteiger partial charge in [0.25, 0.3) is 0 Å². The van der Waals surface area contributed by atoms with Gasteiger partial charge < -0.3 is 0 Å². The van der Waals surface area contributed by atoms with E-state index in [-0.39, 0.29) is 0 Å². The third-order valence-corrected chi connectivity index (χ3v) is 1.80. The minimum atomic E-state index is 0.968. The van der Waals surface area contributed by atoms with Crippen molar-refractivity contribution in [3.8, 4) is 11.3 Å². The maximum absolute atomic E-state index is 4.09. The Kier molecular flexibility index (Phi) is 1.63. The first-order valence-corrected chi connectivity index (χ1v) is 3.78. The van der Waals surface area contributed by atoms with Crippen LogP contribution < -0.4 is 0 Å². The molecule has 0 fully saturated rings. The molecule has 3 heteroatoms. The van der Waals surface area contributed by atoms with E-state index in [0.717, 1.165) is 16.8 Å². The van der Waals surface area contributed by atoms with Gasteiger partial charge in [0, 0.05) is 24.2 Å². The molecule has 0 atom stereocenters. The molecule has 2 aromatic heterocycles. The third kappa shape index (κ3) is 1.09. The second-order valence-corrected chi connectivity index (χ2v) is 2.65. The second-order valence-electron chi connectivity index (χ2n) is 2.65. The summed E-state index contributed by atoms with van der Waals surface area (Å²) in [6, 6.07) is 3.91. The van der Waals surface area contributed by atoms with Crippen molar-refractivity contribution in [2.75, 3.05) is 0 Å². The first-order chi connectivity index (χ1) is 5.88. The molecule has 0 amide bonds. The summed E-state index contributed by atoms with van der Waals surface area (Å²) in [7, 11) is 0. The van der Waals surface area contributed by atoms with Gasteiger partial charge >= 0.3 is 0 Å². The van der Waals surface area contributed by atoms with Crippen LogP contribution in [0.2, 0.25) is 0 Å². The van der Waals surface area contributed by atoms with Gasteiger partial charge in [0.15, 0.2) is 0 Å². The highest BCUT2D eigenvalue weighted by molar-refractivity contribution is 5.61. The highest BCUT2D eigenvalue weighted by Crippen LogP contribution is 2.18. The molecule has 60 valence electrons. The number of aromatic amines is 1. The second kappa shape index (κ2) is 2.77. The lowest BCUT2D eigenvalue weighted by Crippen LogP contribution is -1.84. The molecule has 0 aliphatic heterocycles. The zero-order valence-corrected chi connectivity index (χ0v) is 6.78. The minimum Gasteiger partial charge on any atom is -0.285 e. The smallest absolute Gasteiger partial charge is 0.0924 e. The fourth-order valence-electron chi connectivity index (χ4n) is 1.17. The molecule has 12 heavy (non-hydrogen) atoms. The molecule has 0 aliphatic carbocycles. The first kappa shape index (κ1) is 7.03. The summed E-state index contributed by atoms with van der Waals surface area (Å²) in [5.41, 5.74) is 3.24. The molecule has 3 nitrogen and oxygen atoms in total. The highest BCUT2D eigenvalue weighted by Gasteiger charge is 2.01. The number of nitrogens with one attached hydrogen (secondary N) is 1. The number of H-pyrrole nitrogens is 1. The van der Waals surface area contributed by atoms with E-state index in [1.54, 1.807) is 6.20 Å². The van der Waals surface area contributed by atoms with Crippen molar-refractivity contribution in [3.05, 3.63) is 36.3 Å². The lowest BCUT2D eigenvalue weighted by atomic mass is 10.1. The van der Waals surface area contributed by atoms with Gasteiger partial charge in [-0.1, -0.05) is 0 Å². The highest BCUT2D eigenvalue weighted by atomic mass is 15.1. The summed E-state index contributed by atoms with van der Waals surface area (Å²) < 4.78 is 0.